The van der Waals surface area contributed by atoms with Crippen molar-refractivity contribution in [3.63, 3.8) is 0 Å². The zero-order valence-corrected chi connectivity index (χ0v) is 19.1. The molecule has 0 N–H and O–H groups in total. The van der Waals surface area contributed by atoms with E-state index in [1.807, 2.05) is 30.6 Å². The number of carbonyl (C=O) groups excluding carboxylic acids is 1. The van der Waals surface area contributed by atoms with Crippen molar-refractivity contribution in [3.05, 3.63) is 60.9 Å². The van der Waals surface area contributed by atoms with Crippen LogP contribution in [0.25, 0.3) is 27.1 Å². The minimum Gasteiger partial charge on any atom is -0.493 e. The van der Waals surface area contributed by atoms with Crippen molar-refractivity contribution in [2.75, 3.05) is 7.11 Å². The fourth-order valence-electron chi connectivity index (χ4n) is 4.32. The van der Waals surface area contributed by atoms with Crippen molar-refractivity contribution in [3.8, 4) is 11.5 Å². The van der Waals surface area contributed by atoms with E-state index in [-0.39, 0.29) is 5.97 Å². The Kier molecular flexibility index (Phi) is 7.21. The van der Waals surface area contributed by atoms with E-state index in [0.29, 0.717) is 17.9 Å². The predicted octanol–water partition coefficient (Wildman–Crippen LogP) is 6.79. The van der Waals surface area contributed by atoms with Crippen molar-refractivity contribution >= 4 is 33.0 Å². The lowest BCUT2D eigenvalue weighted by Gasteiger charge is -2.12. The van der Waals surface area contributed by atoms with Crippen LogP contribution in [0.15, 0.2) is 60.9 Å². The third-order valence-corrected chi connectivity index (χ3v) is 6.10. The van der Waals surface area contributed by atoms with Gasteiger partial charge in [0.05, 0.1) is 17.9 Å². The van der Waals surface area contributed by atoms with Crippen molar-refractivity contribution in [1.82, 2.24) is 0 Å². The normalized spacial score (nSPS) is 11.3. The molecule has 0 saturated heterocycles. The maximum Gasteiger partial charge on any atom is 0.311 e. The van der Waals surface area contributed by atoms with Gasteiger partial charge in [-0.3, -0.25) is 4.79 Å². The molecule has 0 amide bonds. The van der Waals surface area contributed by atoms with E-state index < -0.39 is 0 Å². The molecule has 0 unspecified atom stereocenters. The van der Waals surface area contributed by atoms with Crippen LogP contribution in [0.2, 0.25) is 0 Å². The molecule has 0 spiro atoms. The van der Waals surface area contributed by atoms with Crippen LogP contribution in [0.5, 0.6) is 11.5 Å². The molecule has 4 rings (SSSR count). The van der Waals surface area contributed by atoms with Crippen LogP contribution in [-0.2, 0) is 4.79 Å². The molecule has 166 valence electrons. The third kappa shape index (κ3) is 4.85. The molecule has 0 bridgehead atoms. The Hall–Kier alpha value is -3.14. The molecule has 4 aromatic rings. The molecule has 0 saturated carbocycles. The maximum absolute atomic E-state index is 12.6. The molecule has 2 heterocycles. The quantitative estimate of drug-likeness (QED) is 0.0695. The molecular weight excluding hydrogens is 398 g/mol. The first-order valence-corrected chi connectivity index (χ1v) is 11.8. The van der Waals surface area contributed by atoms with Crippen LogP contribution in [-0.4, -0.2) is 13.1 Å². The zero-order valence-electron chi connectivity index (χ0n) is 19.1. The van der Waals surface area contributed by atoms with Gasteiger partial charge in [0.15, 0.2) is 23.9 Å². The summed E-state index contributed by atoms with van der Waals surface area (Å²) in [5.41, 5.74) is 1.11. The fraction of sp³-hybridized carbons (Fsp3) is 0.357. The molecule has 0 radical (unpaired) electrons. The lowest BCUT2D eigenvalue weighted by atomic mass is 10.1. The predicted molar refractivity (Wildman–Crippen MR) is 129 cm³/mol. The van der Waals surface area contributed by atoms with E-state index in [1.165, 1.54) is 42.9 Å². The molecule has 2 aromatic carbocycles. The van der Waals surface area contributed by atoms with Gasteiger partial charge in [-0.05, 0) is 35.4 Å². The number of esters is 1. The van der Waals surface area contributed by atoms with Gasteiger partial charge in [0.2, 0.25) is 5.52 Å². The molecule has 0 atom stereocenters. The van der Waals surface area contributed by atoms with Crippen molar-refractivity contribution in [1.29, 1.82) is 0 Å². The summed E-state index contributed by atoms with van der Waals surface area (Å²) in [5, 5.41) is 4.26. The summed E-state index contributed by atoms with van der Waals surface area (Å²) in [6.45, 7) is 2.22. The number of pyridine rings is 2. The number of hydrogen-bond donors (Lipinski definition) is 0. The number of carbonyl (C=O) groups is 1. The number of benzene rings is 2. The first-order valence-electron chi connectivity index (χ1n) is 11.8. The number of fused-ring (bicyclic) bond motifs is 4. The van der Waals surface area contributed by atoms with Crippen molar-refractivity contribution < 1.29 is 18.7 Å². The van der Waals surface area contributed by atoms with Crippen molar-refractivity contribution in [2.24, 2.45) is 0 Å². The maximum atomic E-state index is 12.6. The average molecular weight is 431 g/mol. The van der Waals surface area contributed by atoms with Crippen molar-refractivity contribution in [2.45, 2.75) is 58.3 Å². The summed E-state index contributed by atoms with van der Waals surface area (Å²) < 4.78 is 13.5. The van der Waals surface area contributed by atoms with Crippen LogP contribution >= 0.6 is 0 Å². The summed E-state index contributed by atoms with van der Waals surface area (Å²) in [4.78, 5) is 12.6. The van der Waals surface area contributed by atoms with E-state index in [4.69, 9.17) is 9.47 Å². The molecule has 32 heavy (non-hydrogen) atoms. The summed E-state index contributed by atoms with van der Waals surface area (Å²) in [5.74, 6) is 0.875. The van der Waals surface area contributed by atoms with Gasteiger partial charge in [0.1, 0.15) is 0 Å². The first kappa shape index (κ1) is 22.1. The first-order chi connectivity index (χ1) is 15.7. The standard InChI is InChI=1S/C28H32NO3/c1-3-4-5-6-7-8-9-14-27(30)32-28-24-20-29-18-17-21-12-10-11-13-23(21)25(29)19-22(24)15-16-26(28)31-2/h10-13,15-20H,3-9,14H2,1-2H3/q+1. The van der Waals surface area contributed by atoms with E-state index in [1.54, 1.807) is 7.11 Å². The third-order valence-electron chi connectivity index (χ3n) is 6.10. The number of hydrogen-bond acceptors (Lipinski definition) is 3. The Morgan fingerprint density at radius 2 is 1.66 bits per heavy atom. The SMILES string of the molecule is CCCCCCCCCC(=O)Oc1c(OC)ccc2cc3c4ccccc4cc[n+]3cc12. The molecule has 4 heteroatoms. The smallest absolute Gasteiger partial charge is 0.311 e. The monoisotopic (exact) mass is 430 g/mol. The number of nitrogens with zero attached hydrogens (tertiary/aromatic N) is 1. The lowest BCUT2D eigenvalue weighted by molar-refractivity contribution is -0.509. The second kappa shape index (κ2) is 10.4. The molecule has 4 nitrogen and oxygen atoms in total. The van der Waals surface area contributed by atoms with Gasteiger partial charge in [0, 0.05) is 18.6 Å². The average Bonchev–Trinajstić information content (AvgIpc) is 2.82. The Morgan fingerprint density at radius 1 is 0.875 bits per heavy atom. The summed E-state index contributed by atoms with van der Waals surface area (Å²) in [6.07, 6.45) is 12.7. The number of unbranched alkanes of at least 4 members (excludes halogenated alkanes) is 6. The second-order valence-electron chi connectivity index (χ2n) is 8.41. The summed E-state index contributed by atoms with van der Waals surface area (Å²) in [6, 6.07) is 16.5. The summed E-state index contributed by atoms with van der Waals surface area (Å²) >= 11 is 0. The van der Waals surface area contributed by atoms with Crippen LogP contribution < -0.4 is 13.9 Å². The molecule has 0 aliphatic heterocycles. The summed E-state index contributed by atoms with van der Waals surface area (Å²) in [7, 11) is 1.61. The molecule has 0 aliphatic rings. The van der Waals surface area contributed by atoms with Crippen LogP contribution in [0, 0.1) is 0 Å². The highest BCUT2D eigenvalue weighted by atomic mass is 16.6. The Morgan fingerprint density at radius 3 is 2.47 bits per heavy atom. The van der Waals surface area contributed by atoms with Gasteiger partial charge >= 0.3 is 5.97 Å². The molecule has 0 fully saturated rings. The van der Waals surface area contributed by atoms with Gasteiger partial charge in [-0.2, -0.15) is 4.40 Å². The van der Waals surface area contributed by atoms with Gasteiger partial charge in [-0.25, -0.2) is 0 Å². The Balaban J connectivity index is 1.57. The van der Waals surface area contributed by atoms with Gasteiger partial charge in [-0.1, -0.05) is 63.6 Å². The number of ether oxygens (including phenoxy) is 2. The van der Waals surface area contributed by atoms with Gasteiger partial charge < -0.3 is 9.47 Å². The second-order valence-corrected chi connectivity index (χ2v) is 8.41. The number of aromatic nitrogens is 1. The highest BCUT2D eigenvalue weighted by molar-refractivity contribution is 5.99. The fourth-order valence-corrected chi connectivity index (χ4v) is 4.32. The molecule has 2 aromatic heterocycles. The minimum atomic E-state index is -0.201. The highest BCUT2D eigenvalue weighted by Gasteiger charge is 2.18. The molecular formula is C28H32NO3+. The minimum absolute atomic E-state index is 0.201. The zero-order chi connectivity index (χ0) is 22.3. The highest BCUT2D eigenvalue weighted by Crippen LogP contribution is 2.36. The number of rotatable bonds is 10. The van der Waals surface area contributed by atoms with E-state index in [2.05, 4.69) is 41.7 Å². The van der Waals surface area contributed by atoms with Gasteiger partial charge in [0.25, 0.3) is 0 Å². The Labute approximate surface area is 189 Å². The largest absolute Gasteiger partial charge is 0.493 e. The topological polar surface area (TPSA) is 39.6 Å². The van der Waals surface area contributed by atoms with E-state index in [9.17, 15) is 4.79 Å². The Bertz CT molecular complexity index is 1230. The van der Waals surface area contributed by atoms with Crippen LogP contribution in [0.1, 0.15) is 58.3 Å². The van der Waals surface area contributed by atoms with Crippen LogP contribution in [0.4, 0.5) is 0 Å². The molecule has 0 aliphatic carbocycles. The van der Waals surface area contributed by atoms with Crippen LogP contribution in [0.3, 0.4) is 0 Å². The van der Waals surface area contributed by atoms with E-state index in [0.717, 1.165) is 29.1 Å². The van der Waals surface area contributed by atoms with E-state index >= 15 is 0 Å². The lowest BCUT2D eigenvalue weighted by Crippen LogP contribution is -2.21. The number of methoxy groups -OCH3 is 1. The van der Waals surface area contributed by atoms with Gasteiger partial charge in [-0.15, -0.1) is 0 Å².